The van der Waals surface area contributed by atoms with Crippen molar-refractivity contribution in [1.29, 1.82) is 0 Å². The second kappa shape index (κ2) is 4.30. The molecule has 4 nitrogen and oxygen atoms in total. The molecule has 102 valence electrons. The minimum Gasteiger partial charge on any atom is -0.454 e. The Labute approximate surface area is 113 Å². The zero-order chi connectivity index (χ0) is 12.8. The van der Waals surface area contributed by atoms with E-state index >= 15 is 0 Å². The van der Waals surface area contributed by atoms with E-state index in [1.807, 2.05) is 6.07 Å². The number of ether oxygens (including phenoxy) is 2. The van der Waals surface area contributed by atoms with Gasteiger partial charge in [0.1, 0.15) is 0 Å². The molecule has 19 heavy (non-hydrogen) atoms. The zero-order valence-corrected chi connectivity index (χ0v) is 11.3. The fraction of sp³-hybridized carbons (Fsp3) is 0.600. The first kappa shape index (κ1) is 11.4. The number of hydrogen-bond donors (Lipinski definition) is 1. The Balaban J connectivity index is 1.47. The van der Waals surface area contributed by atoms with Gasteiger partial charge in [0, 0.05) is 29.9 Å². The Hall–Kier alpha value is -1.42. The van der Waals surface area contributed by atoms with Crippen molar-refractivity contribution in [2.45, 2.75) is 43.8 Å². The molecule has 3 aliphatic rings. The highest BCUT2D eigenvalue weighted by Gasteiger charge is 2.38. The first-order valence-corrected chi connectivity index (χ1v) is 7.18. The number of hydrogen-bond acceptors (Lipinski definition) is 4. The molecule has 1 N–H and O–H groups in total. The van der Waals surface area contributed by atoms with E-state index in [9.17, 15) is 0 Å². The molecule has 0 amide bonds. The van der Waals surface area contributed by atoms with Crippen LogP contribution in [-0.2, 0) is 0 Å². The number of benzene rings is 1. The summed E-state index contributed by atoms with van der Waals surface area (Å²) in [6.07, 6.45) is 5.23. The Morgan fingerprint density at radius 1 is 1.11 bits per heavy atom. The molecule has 1 aromatic rings. The van der Waals surface area contributed by atoms with Crippen molar-refractivity contribution < 1.29 is 9.47 Å². The molecule has 3 aliphatic heterocycles. The number of anilines is 1. The minimum absolute atomic E-state index is 0.344. The van der Waals surface area contributed by atoms with Crippen LogP contribution in [0.4, 0.5) is 5.69 Å². The van der Waals surface area contributed by atoms with Gasteiger partial charge in [0.2, 0.25) is 6.79 Å². The monoisotopic (exact) mass is 260 g/mol. The fourth-order valence-electron chi connectivity index (χ4n) is 3.75. The number of nitrogens with one attached hydrogen (secondary N) is 1. The largest absolute Gasteiger partial charge is 0.454 e. The van der Waals surface area contributed by atoms with E-state index in [0.717, 1.165) is 29.3 Å². The summed E-state index contributed by atoms with van der Waals surface area (Å²) in [4.78, 5) is 2.57. The first-order chi connectivity index (χ1) is 9.29. The van der Waals surface area contributed by atoms with Gasteiger partial charge in [-0.15, -0.1) is 0 Å². The van der Waals surface area contributed by atoms with E-state index in [2.05, 4.69) is 29.4 Å². The van der Waals surface area contributed by atoms with Crippen LogP contribution in [0.2, 0.25) is 0 Å². The van der Waals surface area contributed by atoms with Crippen molar-refractivity contribution in [3.8, 4) is 11.5 Å². The van der Waals surface area contributed by atoms with Crippen LogP contribution >= 0.6 is 0 Å². The summed E-state index contributed by atoms with van der Waals surface area (Å²) in [6, 6.07) is 8.27. The van der Waals surface area contributed by atoms with E-state index in [0.29, 0.717) is 12.8 Å². The Kier molecular flexibility index (Phi) is 2.58. The summed E-state index contributed by atoms with van der Waals surface area (Å²) in [5.74, 6) is 1.72. The molecule has 4 rings (SSSR count). The first-order valence-electron chi connectivity index (χ1n) is 7.18. The number of nitrogens with zero attached hydrogens (tertiary/aromatic N) is 1. The van der Waals surface area contributed by atoms with E-state index < -0.39 is 0 Å². The topological polar surface area (TPSA) is 33.7 Å². The van der Waals surface area contributed by atoms with E-state index in [-0.39, 0.29) is 0 Å². The van der Waals surface area contributed by atoms with Crippen molar-refractivity contribution in [2.75, 3.05) is 19.2 Å². The minimum atomic E-state index is 0.344. The molecule has 3 heterocycles. The molecule has 2 saturated heterocycles. The predicted molar refractivity (Wildman–Crippen MR) is 73.8 cm³/mol. The second-order valence-electron chi connectivity index (χ2n) is 5.93. The van der Waals surface area contributed by atoms with Gasteiger partial charge >= 0.3 is 0 Å². The Morgan fingerprint density at radius 3 is 2.63 bits per heavy atom. The summed E-state index contributed by atoms with van der Waals surface area (Å²) in [5.41, 5.74) is 1.15. The Bertz CT molecular complexity index is 477. The van der Waals surface area contributed by atoms with Crippen molar-refractivity contribution in [3.05, 3.63) is 18.2 Å². The van der Waals surface area contributed by atoms with Gasteiger partial charge in [-0.3, -0.25) is 0 Å². The highest BCUT2D eigenvalue weighted by molar-refractivity contribution is 5.56. The zero-order valence-electron chi connectivity index (χ0n) is 11.3. The molecule has 2 fully saturated rings. The maximum absolute atomic E-state index is 5.43. The molecule has 4 heteroatoms. The summed E-state index contributed by atoms with van der Waals surface area (Å²) in [7, 11) is 2.28. The summed E-state index contributed by atoms with van der Waals surface area (Å²) in [6.45, 7) is 0.344. The van der Waals surface area contributed by atoms with Crippen LogP contribution in [0.1, 0.15) is 25.7 Å². The van der Waals surface area contributed by atoms with Gasteiger partial charge in [-0.1, -0.05) is 0 Å². The molecular formula is C15H20N2O2. The van der Waals surface area contributed by atoms with Crippen LogP contribution in [-0.4, -0.2) is 36.9 Å². The normalized spacial score (nSPS) is 32.6. The molecule has 0 radical (unpaired) electrons. The lowest BCUT2D eigenvalue weighted by Gasteiger charge is -2.37. The van der Waals surface area contributed by atoms with Gasteiger partial charge in [-0.05, 0) is 44.9 Å². The van der Waals surface area contributed by atoms with Crippen molar-refractivity contribution >= 4 is 5.69 Å². The molecule has 2 atom stereocenters. The van der Waals surface area contributed by atoms with Crippen LogP contribution in [0.5, 0.6) is 11.5 Å². The molecule has 0 saturated carbocycles. The molecule has 2 unspecified atom stereocenters. The maximum Gasteiger partial charge on any atom is 0.231 e. The quantitative estimate of drug-likeness (QED) is 0.885. The van der Waals surface area contributed by atoms with E-state index in [1.54, 1.807) is 0 Å². The summed E-state index contributed by atoms with van der Waals surface area (Å²) >= 11 is 0. The lowest BCUT2D eigenvalue weighted by atomic mass is 9.98. The number of rotatable bonds is 2. The third-order valence-corrected chi connectivity index (χ3v) is 4.84. The Morgan fingerprint density at radius 2 is 1.84 bits per heavy atom. The SMILES string of the molecule is CN1C2CCC1CC(Nc1ccc3c(c1)OCO3)C2. The van der Waals surface area contributed by atoms with Crippen molar-refractivity contribution in [2.24, 2.45) is 0 Å². The van der Waals surface area contributed by atoms with Crippen molar-refractivity contribution in [1.82, 2.24) is 4.90 Å². The van der Waals surface area contributed by atoms with Gasteiger partial charge in [0.05, 0.1) is 0 Å². The highest BCUT2D eigenvalue weighted by Crippen LogP contribution is 2.37. The van der Waals surface area contributed by atoms with Crippen LogP contribution in [0.3, 0.4) is 0 Å². The predicted octanol–water partition coefficient (Wildman–Crippen LogP) is 2.45. The third-order valence-electron chi connectivity index (χ3n) is 4.84. The molecule has 1 aromatic carbocycles. The van der Waals surface area contributed by atoms with Gasteiger partial charge in [-0.25, -0.2) is 0 Å². The highest BCUT2D eigenvalue weighted by atomic mass is 16.7. The average Bonchev–Trinajstić information content (AvgIpc) is 2.92. The molecular weight excluding hydrogens is 240 g/mol. The van der Waals surface area contributed by atoms with Gasteiger partial charge in [0.15, 0.2) is 11.5 Å². The molecule has 0 aliphatic carbocycles. The average molecular weight is 260 g/mol. The number of piperidine rings is 1. The lowest BCUT2D eigenvalue weighted by Crippen LogP contribution is -2.44. The second-order valence-corrected chi connectivity index (χ2v) is 5.93. The van der Waals surface area contributed by atoms with Crippen LogP contribution in [0.25, 0.3) is 0 Å². The van der Waals surface area contributed by atoms with Crippen LogP contribution in [0.15, 0.2) is 18.2 Å². The molecule has 2 bridgehead atoms. The maximum atomic E-state index is 5.43. The van der Waals surface area contributed by atoms with E-state index in [1.165, 1.54) is 25.7 Å². The fourth-order valence-corrected chi connectivity index (χ4v) is 3.75. The smallest absolute Gasteiger partial charge is 0.231 e. The summed E-state index contributed by atoms with van der Waals surface area (Å²) < 4.78 is 10.8. The molecule has 0 spiro atoms. The van der Waals surface area contributed by atoms with Gasteiger partial charge in [-0.2, -0.15) is 0 Å². The van der Waals surface area contributed by atoms with Crippen LogP contribution < -0.4 is 14.8 Å². The standard InChI is InChI=1S/C15H20N2O2/c1-17-12-3-4-13(17)7-11(6-12)16-10-2-5-14-15(8-10)19-9-18-14/h2,5,8,11-13,16H,3-4,6-7,9H2,1H3. The van der Waals surface area contributed by atoms with Crippen LogP contribution in [0, 0.1) is 0 Å². The third kappa shape index (κ3) is 1.94. The van der Waals surface area contributed by atoms with Crippen molar-refractivity contribution in [3.63, 3.8) is 0 Å². The number of fused-ring (bicyclic) bond motifs is 3. The van der Waals surface area contributed by atoms with E-state index in [4.69, 9.17) is 9.47 Å². The van der Waals surface area contributed by atoms with Gasteiger partial charge in [0.25, 0.3) is 0 Å². The summed E-state index contributed by atoms with van der Waals surface area (Å²) in [5, 5.41) is 3.67. The molecule has 0 aromatic heterocycles. The van der Waals surface area contributed by atoms with Gasteiger partial charge < -0.3 is 19.7 Å². The lowest BCUT2D eigenvalue weighted by molar-refractivity contribution is 0.169.